The van der Waals surface area contributed by atoms with Gasteiger partial charge in [0.15, 0.2) is 0 Å². The van der Waals surface area contributed by atoms with Gasteiger partial charge in [0, 0.05) is 0 Å². The molecule has 0 radical (unpaired) electrons. The predicted molar refractivity (Wildman–Crippen MR) is 44.8 cm³/mol. The van der Waals surface area contributed by atoms with Crippen LogP contribution in [0.25, 0.3) is 0 Å². The lowest BCUT2D eigenvalue weighted by Gasteiger charge is -1.94. The highest BCUT2D eigenvalue weighted by atomic mass is 16.5. The second kappa shape index (κ2) is 8.28. The third-order valence-corrected chi connectivity index (χ3v) is 1.09. The zero-order chi connectivity index (χ0) is 7.66. The Hall–Kier alpha value is -0.720. The Labute approximate surface area is 63.4 Å². The summed E-state index contributed by atoms with van der Waals surface area (Å²) < 4.78 is 5.12. The van der Waals surface area contributed by atoms with Crippen molar-refractivity contribution in [2.75, 3.05) is 6.61 Å². The lowest BCUT2D eigenvalue weighted by Crippen LogP contribution is -1.82. The average Bonchev–Trinajstić information content (AvgIpc) is 1.97. The van der Waals surface area contributed by atoms with Crippen molar-refractivity contribution in [1.29, 1.82) is 0 Å². The third-order valence-electron chi connectivity index (χ3n) is 1.09. The van der Waals surface area contributed by atoms with Crippen LogP contribution in [0.2, 0.25) is 0 Å². The minimum atomic E-state index is 0.754. The number of hydrogen-bond acceptors (Lipinski definition) is 1. The summed E-state index contributed by atoms with van der Waals surface area (Å²) in [6.07, 6.45) is 8.88. The van der Waals surface area contributed by atoms with Gasteiger partial charge in [-0.25, -0.2) is 0 Å². The molecule has 0 saturated carbocycles. The molecule has 0 aliphatic rings. The van der Waals surface area contributed by atoms with E-state index in [0.29, 0.717) is 0 Å². The molecule has 0 unspecified atom stereocenters. The van der Waals surface area contributed by atoms with E-state index in [9.17, 15) is 0 Å². The first-order valence-corrected chi connectivity index (χ1v) is 3.79. The van der Waals surface area contributed by atoms with Crippen LogP contribution >= 0.6 is 0 Å². The standard InChI is InChI=1S/C9H16O/c1-3-5-7-9-10-8-6-4-2/h4,7,9H,2-3,5-6,8H2,1H3. The summed E-state index contributed by atoms with van der Waals surface area (Å²) in [5.74, 6) is 0. The highest BCUT2D eigenvalue weighted by Crippen LogP contribution is 1.90. The molecule has 0 bridgehead atoms. The molecule has 0 amide bonds. The molecule has 0 rings (SSSR count). The van der Waals surface area contributed by atoms with E-state index in [2.05, 4.69) is 13.5 Å². The van der Waals surface area contributed by atoms with Crippen LogP contribution in [0.15, 0.2) is 25.0 Å². The maximum atomic E-state index is 5.12. The first-order valence-electron chi connectivity index (χ1n) is 3.79. The Morgan fingerprint density at radius 1 is 1.40 bits per heavy atom. The zero-order valence-electron chi connectivity index (χ0n) is 6.68. The molecule has 58 valence electrons. The topological polar surface area (TPSA) is 9.23 Å². The molecule has 0 aliphatic heterocycles. The Bertz CT molecular complexity index is 94.9. The number of allylic oxidation sites excluding steroid dienone is 1. The van der Waals surface area contributed by atoms with E-state index in [-0.39, 0.29) is 0 Å². The summed E-state index contributed by atoms with van der Waals surface area (Å²) in [4.78, 5) is 0. The molecule has 0 aliphatic carbocycles. The Balaban J connectivity index is 2.94. The molecule has 0 spiro atoms. The van der Waals surface area contributed by atoms with Crippen molar-refractivity contribution in [2.45, 2.75) is 26.2 Å². The Morgan fingerprint density at radius 3 is 2.80 bits per heavy atom. The first kappa shape index (κ1) is 9.28. The maximum absolute atomic E-state index is 5.12. The second-order valence-corrected chi connectivity index (χ2v) is 2.11. The minimum Gasteiger partial charge on any atom is -0.501 e. The zero-order valence-corrected chi connectivity index (χ0v) is 6.68. The van der Waals surface area contributed by atoms with Crippen molar-refractivity contribution < 1.29 is 4.74 Å². The van der Waals surface area contributed by atoms with Crippen molar-refractivity contribution in [3.8, 4) is 0 Å². The van der Waals surface area contributed by atoms with Gasteiger partial charge in [-0.1, -0.05) is 19.4 Å². The average molecular weight is 140 g/mol. The van der Waals surface area contributed by atoms with E-state index in [1.165, 1.54) is 6.42 Å². The number of ether oxygens (including phenoxy) is 1. The fourth-order valence-electron chi connectivity index (χ4n) is 0.522. The van der Waals surface area contributed by atoms with Gasteiger partial charge in [0.05, 0.1) is 12.9 Å². The minimum absolute atomic E-state index is 0.754. The van der Waals surface area contributed by atoms with E-state index < -0.39 is 0 Å². The van der Waals surface area contributed by atoms with E-state index in [1.54, 1.807) is 6.26 Å². The fourth-order valence-corrected chi connectivity index (χ4v) is 0.522. The second-order valence-electron chi connectivity index (χ2n) is 2.11. The van der Waals surface area contributed by atoms with E-state index in [0.717, 1.165) is 19.4 Å². The molecule has 0 aromatic carbocycles. The summed E-state index contributed by atoms with van der Waals surface area (Å²) in [6.45, 7) is 6.49. The van der Waals surface area contributed by atoms with E-state index in [1.807, 2.05) is 12.2 Å². The monoisotopic (exact) mass is 140 g/mol. The molecule has 1 heteroatoms. The molecular weight excluding hydrogens is 124 g/mol. The maximum Gasteiger partial charge on any atom is 0.0907 e. The van der Waals surface area contributed by atoms with E-state index >= 15 is 0 Å². The largest absolute Gasteiger partial charge is 0.501 e. The molecule has 0 saturated heterocycles. The number of rotatable bonds is 6. The molecule has 0 heterocycles. The molecule has 0 aromatic heterocycles. The number of hydrogen-bond donors (Lipinski definition) is 0. The molecule has 1 nitrogen and oxygen atoms in total. The fraction of sp³-hybridized carbons (Fsp3) is 0.556. The van der Waals surface area contributed by atoms with Crippen LogP contribution in [0.5, 0.6) is 0 Å². The van der Waals surface area contributed by atoms with Gasteiger partial charge >= 0.3 is 0 Å². The van der Waals surface area contributed by atoms with Crippen LogP contribution in [-0.2, 0) is 4.74 Å². The summed E-state index contributed by atoms with van der Waals surface area (Å²) in [5, 5.41) is 0. The highest BCUT2D eigenvalue weighted by Gasteiger charge is 1.76. The molecule has 0 atom stereocenters. The Morgan fingerprint density at radius 2 is 2.20 bits per heavy atom. The van der Waals surface area contributed by atoms with Crippen LogP contribution < -0.4 is 0 Å². The van der Waals surface area contributed by atoms with Crippen LogP contribution in [0.3, 0.4) is 0 Å². The van der Waals surface area contributed by atoms with Crippen molar-refractivity contribution in [3.05, 3.63) is 25.0 Å². The normalized spacial score (nSPS) is 10.1. The summed E-state index contributed by atoms with van der Waals surface area (Å²) in [7, 11) is 0. The van der Waals surface area contributed by atoms with Gasteiger partial charge in [0.1, 0.15) is 0 Å². The van der Waals surface area contributed by atoms with Crippen LogP contribution in [0.4, 0.5) is 0 Å². The molecule has 0 N–H and O–H groups in total. The smallest absolute Gasteiger partial charge is 0.0907 e. The van der Waals surface area contributed by atoms with Crippen molar-refractivity contribution >= 4 is 0 Å². The van der Waals surface area contributed by atoms with Crippen molar-refractivity contribution in [1.82, 2.24) is 0 Å². The summed E-state index contributed by atoms with van der Waals surface area (Å²) >= 11 is 0. The van der Waals surface area contributed by atoms with Gasteiger partial charge in [0.2, 0.25) is 0 Å². The summed E-state index contributed by atoms with van der Waals surface area (Å²) in [5.41, 5.74) is 0. The van der Waals surface area contributed by atoms with Gasteiger partial charge < -0.3 is 4.74 Å². The molecule has 0 aromatic rings. The highest BCUT2D eigenvalue weighted by molar-refractivity contribution is 4.73. The van der Waals surface area contributed by atoms with Crippen molar-refractivity contribution in [2.24, 2.45) is 0 Å². The molecule has 0 fully saturated rings. The predicted octanol–water partition coefficient (Wildman–Crippen LogP) is 2.89. The van der Waals surface area contributed by atoms with E-state index in [4.69, 9.17) is 4.74 Å². The molecule has 10 heavy (non-hydrogen) atoms. The SMILES string of the molecule is C=CCCOC=CCCC. The van der Waals surface area contributed by atoms with Crippen LogP contribution in [-0.4, -0.2) is 6.61 Å². The third kappa shape index (κ3) is 7.28. The van der Waals surface area contributed by atoms with Crippen molar-refractivity contribution in [3.63, 3.8) is 0 Å². The van der Waals surface area contributed by atoms with Gasteiger partial charge in [-0.3, -0.25) is 0 Å². The number of unbranched alkanes of at least 4 members (excludes halogenated alkanes) is 1. The quantitative estimate of drug-likeness (QED) is 0.313. The first-order chi connectivity index (χ1) is 4.91. The lowest BCUT2D eigenvalue weighted by molar-refractivity contribution is 0.255. The van der Waals surface area contributed by atoms with Crippen LogP contribution in [0.1, 0.15) is 26.2 Å². The van der Waals surface area contributed by atoms with Gasteiger partial charge in [-0.05, 0) is 18.9 Å². The van der Waals surface area contributed by atoms with Gasteiger partial charge in [0.25, 0.3) is 0 Å². The summed E-state index contributed by atoms with van der Waals surface area (Å²) in [6, 6.07) is 0. The van der Waals surface area contributed by atoms with Gasteiger partial charge in [-0.2, -0.15) is 0 Å². The van der Waals surface area contributed by atoms with Crippen LogP contribution in [0, 0.1) is 0 Å². The van der Waals surface area contributed by atoms with Gasteiger partial charge in [-0.15, -0.1) is 6.58 Å². The Kier molecular flexibility index (Phi) is 7.68. The molecular formula is C9H16O. The lowest BCUT2D eigenvalue weighted by atomic mass is 10.3.